The first kappa shape index (κ1) is 20.7. The molecule has 160 valence electrons. The molecule has 1 aliphatic rings. The molecule has 1 atom stereocenters. The van der Waals surface area contributed by atoms with Gasteiger partial charge < -0.3 is 15.4 Å². The third kappa shape index (κ3) is 3.93. The summed E-state index contributed by atoms with van der Waals surface area (Å²) >= 11 is 0. The number of anilines is 1. The second kappa shape index (κ2) is 7.95. The van der Waals surface area contributed by atoms with Gasteiger partial charge in [0.2, 0.25) is 5.69 Å². The molecule has 0 amide bonds. The predicted molar refractivity (Wildman–Crippen MR) is 112 cm³/mol. The second-order valence-corrected chi connectivity index (χ2v) is 8.21. The molecular formula is C22H21F2N5O2. The molecule has 4 rings (SSSR count). The number of carboxylic acids is 1. The molecule has 0 aliphatic heterocycles. The predicted octanol–water partition coefficient (Wildman–Crippen LogP) is 5.29. The van der Waals surface area contributed by atoms with Crippen molar-refractivity contribution in [2.24, 2.45) is 5.41 Å². The van der Waals surface area contributed by atoms with E-state index in [1.807, 2.05) is 6.92 Å². The van der Waals surface area contributed by atoms with E-state index in [2.05, 4.69) is 25.1 Å². The summed E-state index contributed by atoms with van der Waals surface area (Å²) in [5, 5.41) is 12.8. The quantitative estimate of drug-likeness (QED) is 0.467. The van der Waals surface area contributed by atoms with Crippen LogP contribution in [-0.4, -0.2) is 32.1 Å². The zero-order valence-corrected chi connectivity index (χ0v) is 16.9. The van der Waals surface area contributed by atoms with Gasteiger partial charge >= 0.3 is 5.97 Å². The van der Waals surface area contributed by atoms with Crippen LogP contribution in [0, 0.1) is 23.6 Å². The Balaban J connectivity index is 1.79. The lowest BCUT2D eigenvalue weighted by Gasteiger charge is -2.34. The van der Waals surface area contributed by atoms with Crippen LogP contribution < -0.4 is 5.32 Å². The molecule has 0 saturated heterocycles. The molecule has 3 heterocycles. The van der Waals surface area contributed by atoms with Crippen LogP contribution in [0.1, 0.15) is 39.0 Å². The van der Waals surface area contributed by atoms with Gasteiger partial charge in [0, 0.05) is 23.2 Å². The number of hydrogen-bond donors (Lipinski definition) is 3. The molecule has 0 spiro atoms. The van der Waals surface area contributed by atoms with Crippen LogP contribution in [0.3, 0.4) is 0 Å². The second-order valence-electron chi connectivity index (χ2n) is 8.21. The smallest absolute Gasteiger partial charge is 0.305 e. The van der Waals surface area contributed by atoms with E-state index in [0.29, 0.717) is 16.6 Å². The number of carboxylic acid groups (broad SMARTS) is 1. The maximum atomic E-state index is 14.9. The van der Waals surface area contributed by atoms with E-state index in [4.69, 9.17) is 6.57 Å². The summed E-state index contributed by atoms with van der Waals surface area (Å²) in [5.74, 6) is -2.40. The Morgan fingerprint density at radius 3 is 2.81 bits per heavy atom. The van der Waals surface area contributed by atoms with Crippen molar-refractivity contribution in [1.29, 1.82) is 0 Å². The Bertz CT molecular complexity index is 1190. The fourth-order valence-electron chi connectivity index (χ4n) is 4.38. The van der Waals surface area contributed by atoms with Crippen molar-refractivity contribution in [2.75, 3.05) is 5.32 Å². The lowest BCUT2D eigenvalue weighted by atomic mass is 9.79. The number of aromatic nitrogens is 3. The molecule has 0 radical (unpaired) electrons. The Hall–Kier alpha value is -3.54. The van der Waals surface area contributed by atoms with Crippen LogP contribution in [0.5, 0.6) is 0 Å². The van der Waals surface area contributed by atoms with E-state index in [0.717, 1.165) is 37.9 Å². The number of carbonyl (C=O) groups is 1. The van der Waals surface area contributed by atoms with Crippen molar-refractivity contribution >= 4 is 28.5 Å². The molecule has 1 aliphatic carbocycles. The van der Waals surface area contributed by atoms with Gasteiger partial charge in [0.15, 0.2) is 11.6 Å². The summed E-state index contributed by atoms with van der Waals surface area (Å²) in [6.45, 7) is 9.43. The van der Waals surface area contributed by atoms with E-state index in [-0.39, 0.29) is 29.0 Å². The Labute approximate surface area is 177 Å². The van der Waals surface area contributed by atoms with E-state index in [1.54, 1.807) is 6.20 Å². The first-order valence-electron chi connectivity index (χ1n) is 10.00. The van der Waals surface area contributed by atoms with Gasteiger partial charge in [0.1, 0.15) is 11.5 Å². The first-order valence-corrected chi connectivity index (χ1v) is 10.00. The van der Waals surface area contributed by atoms with Crippen LogP contribution in [0.25, 0.3) is 27.1 Å². The fourth-order valence-corrected chi connectivity index (χ4v) is 4.38. The van der Waals surface area contributed by atoms with Gasteiger partial charge in [-0.2, -0.15) is 0 Å². The molecule has 0 bridgehead atoms. The molecular weight excluding hydrogens is 404 g/mol. The van der Waals surface area contributed by atoms with Gasteiger partial charge in [-0.3, -0.25) is 4.79 Å². The zero-order valence-electron chi connectivity index (χ0n) is 16.9. The van der Waals surface area contributed by atoms with E-state index < -0.39 is 23.6 Å². The van der Waals surface area contributed by atoms with Crippen molar-refractivity contribution in [3.05, 3.63) is 47.6 Å². The molecule has 9 heteroatoms. The molecule has 3 N–H and O–H groups in total. The maximum absolute atomic E-state index is 14.9. The molecule has 3 aromatic heterocycles. The highest BCUT2D eigenvalue weighted by Crippen LogP contribution is 2.43. The topological polar surface area (TPSA) is 95.3 Å². The Kier molecular flexibility index (Phi) is 5.31. The third-order valence-electron chi connectivity index (χ3n) is 6.11. The van der Waals surface area contributed by atoms with Crippen molar-refractivity contribution in [1.82, 2.24) is 15.0 Å². The minimum atomic E-state index is -0.984. The van der Waals surface area contributed by atoms with Crippen LogP contribution in [0.4, 0.5) is 20.3 Å². The number of halogens is 2. The summed E-state index contributed by atoms with van der Waals surface area (Å²) < 4.78 is 28.6. The lowest BCUT2D eigenvalue weighted by Crippen LogP contribution is -2.39. The number of nitrogens with one attached hydrogen (secondary N) is 2. The SMILES string of the molecule is [C-]#[N+]c1cc(F)c(N[C@H](CC(=O)O)C2(C)CCCC2)nc1-c1c[nH]c2ncc(F)cc12. The fraction of sp³-hybridized carbons (Fsp3) is 0.364. The van der Waals surface area contributed by atoms with Gasteiger partial charge in [0.05, 0.1) is 24.9 Å². The van der Waals surface area contributed by atoms with E-state index >= 15 is 0 Å². The van der Waals surface area contributed by atoms with E-state index in [1.165, 1.54) is 6.07 Å². The maximum Gasteiger partial charge on any atom is 0.305 e. The van der Waals surface area contributed by atoms with Crippen molar-refractivity contribution in [3.63, 3.8) is 0 Å². The number of aromatic amines is 1. The zero-order chi connectivity index (χ0) is 22.2. The van der Waals surface area contributed by atoms with Crippen molar-refractivity contribution in [2.45, 2.75) is 45.1 Å². The Morgan fingerprint density at radius 2 is 2.13 bits per heavy atom. The number of nitrogens with zero attached hydrogens (tertiary/aromatic N) is 3. The number of fused-ring (bicyclic) bond motifs is 1. The standard InChI is InChI=1S/C22H21F2N5O2/c1-22(5-3-4-6-22)17(9-18(30)31)28-21-15(24)8-16(25-2)19(29-21)14-11-27-20-13(14)7-12(23)10-26-20/h7-8,10-11,17H,3-6,9H2,1H3,(H,26,27)(H,28,29)(H,30,31)/t17-/m1/s1. The van der Waals surface area contributed by atoms with Crippen molar-refractivity contribution < 1.29 is 18.7 Å². The normalized spacial score (nSPS) is 16.2. The third-order valence-corrected chi connectivity index (χ3v) is 6.11. The monoisotopic (exact) mass is 425 g/mol. The van der Waals surface area contributed by atoms with Crippen LogP contribution in [-0.2, 0) is 4.79 Å². The molecule has 1 fully saturated rings. The molecule has 1 saturated carbocycles. The highest BCUT2D eigenvalue weighted by atomic mass is 19.1. The highest BCUT2D eigenvalue weighted by molar-refractivity contribution is 5.96. The number of rotatable bonds is 6. The van der Waals surface area contributed by atoms with Crippen LogP contribution in [0.2, 0.25) is 0 Å². The van der Waals surface area contributed by atoms with Gasteiger partial charge in [-0.05, 0) is 30.4 Å². The summed E-state index contributed by atoms with van der Waals surface area (Å²) in [6, 6.07) is 1.81. The molecule has 0 unspecified atom stereocenters. The number of H-pyrrole nitrogens is 1. The average Bonchev–Trinajstić information content (AvgIpc) is 3.35. The average molecular weight is 425 g/mol. The highest BCUT2D eigenvalue weighted by Gasteiger charge is 2.38. The summed E-state index contributed by atoms with van der Waals surface area (Å²) in [6.07, 6.45) is 6.07. The van der Waals surface area contributed by atoms with Gasteiger partial charge in [-0.1, -0.05) is 19.8 Å². The summed E-state index contributed by atoms with van der Waals surface area (Å²) in [4.78, 5) is 26.1. The molecule has 3 aromatic rings. The van der Waals surface area contributed by atoms with Crippen molar-refractivity contribution in [3.8, 4) is 11.3 Å². The lowest BCUT2D eigenvalue weighted by molar-refractivity contribution is -0.137. The minimum absolute atomic E-state index is 0.0323. The molecule has 7 nitrogen and oxygen atoms in total. The number of aliphatic carboxylic acids is 1. The minimum Gasteiger partial charge on any atom is -0.481 e. The Morgan fingerprint density at radius 1 is 1.39 bits per heavy atom. The first-order chi connectivity index (χ1) is 14.8. The van der Waals surface area contributed by atoms with E-state index in [9.17, 15) is 18.7 Å². The number of pyridine rings is 2. The van der Waals surface area contributed by atoms with Gasteiger partial charge in [0.25, 0.3) is 0 Å². The largest absolute Gasteiger partial charge is 0.481 e. The summed E-state index contributed by atoms with van der Waals surface area (Å²) in [5.41, 5.74) is 0.658. The van der Waals surface area contributed by atoms with Gasteiger partial charge in [-0.25, -0.2) is 23.6 Å². The van der Waals surface area contributed by atoms with Gasteiger partial charge in [-0.15, -0.1) is 0 Å². The van der Waals surface area contributed by atoms with Crippen LogP contribution in [0.15, 0.2) is 24.5 Å². The summed E-state index contributed by atoms with van der Waals surface area (Å²) in [7, 11) is 0. The molecule has 31 heavy (non-hydrogen) atoms. The molecule has 0 aromatic carbocycles. The number of hydrogen-bond acceptors (Lipinski definition) is 4. The van der Waals surface area contributed by atoms with Crippen LogP contribution >= 0.6 is 0 Å².